The van der Waals surface area contributed by atoms with Crippen LogP contribution in [0.2, 0.25) is 0 Å². The standard InChI is InChI=1S/C11H11FINO3S/c12-8-1-2-10(9(13)5-8)14-11(15)7-3-4-18(16,17)6-7/h1-2,5,7H,3-4,6H2,(H,14,15). The zero-order chi connectivity index (χ0) is 13.3. The SMILES string of the molecule is O=C(Nc1ccc(F)cc1I)C1CCS(=O)(=O)C1. The van der Waals surface area contributed by atoms with E-state index in [1.807, 2.05) is 22.6 Å². The number of anilines is 1. The van der Waals surface area contributed by atoms with Crippen LogP contribution in [0, 0.1) is 15.3 Å². The Hall–Kier alpha value is -0.700. The Balaban J connectivity index is 2.08. The topological polar surface area (TPSA) is 63.2 Å². The number of benzene rings is 1. The van der Waals surface area contributed by atoms with E-state index in [4.69, 9.17) is 0 Å². The summed E-state index contributed by atoms with van der Waals surface area (Å²) in [4.78, 5) is 11.9. The summed E-state index contributed by atoms with van der Waals surface area (Å²) < 4.78 is 36.0. The fourth-order valence-electron chi connectivity index (χ4n) is 1.83. The van der Waals surface area contributed by atoms with Gasteiger partial charge in [0.15, 0.2) is 9.84 Å². The van der Waals surface area contributed by atoms with Crippen molar-refractivity contribution in [2.24, 2.45) is 5.92 Å². The van der Waals surface area contributed by atoms with E-state index in [1.54, 1.807) is 0 Å². The van der Waals surface area contributed by atoms with Crippen molar-refractivity contribution < 1.29 is 17.6 Å². The van der Waals surface area contributed by atoms with Gasteiger partial charge in [-0.15, -0.1) is 0 Å². The Labute approximate surface area is 118 Å². The first-order valence-electron chi connectivity index (χ1n) is 5.34. The van der Waals surface area contributed by atoms with Crippen LogP contribution in [0.25, 0.3) is 0 Å². The predicted molar refractivity (Wildman–Crippen MR) is 74.5 cm³/mol. The summed E-state index contributed by atoms with van der Waals surface area (Å²) in [7, 11) is -3.07. The molecule has 0 bridgehead atoms. The van der Waals surface area contributed by atoms with Crippen LogP contribution in [-0.4, -0.2) is 25.8 Å². The number of carbonyl (C=O) groups excluding carboxylic acids is 1. The molecule has 0 saturated carbocycles. The summed E-state index contributed by atoms with van der Waals surface area (Å²) in [6.45, 7) is 0. The third kappa shape index (κ3) is 3.19. The zero-order valence-corrected chi connectivity index (χ0v) is 12.3. The molecule has 0 spiro atoms. The van der Waals surface area contributed by atoms with Crippen LogP contribution in [0.1, 0.15) is 6.42 Å². The maximum atomic E-state index is 12.9. The van der Waals surface area contributed by atoms with Crippen molar-refractivity contribution in [1.82, 2.24) is 0 Å². The highest BCUT2D eigenvalue weighted by Crippen LogP contribution is 2.23. The molecule has 0 radical (unpaired) electrons. The summed E-state index contributed by atoms with van der Waals surface area (Å²) >= 11 is 1.92. The highest BCUT2D eigenvalue weighted by molar-refractivity contribution is 14.1. The molecule has 18 heavy (non-hydrogen) atoms. The lowest BCUT2D eigenvalue weighted by atomic mass is 10.1. The van der Waals surface area contributed by atoms with Crippen molar-refractivity contribution in [3.8, 4) is 0 Å². The van der Waals surface area contributed by atoms with Gasteiger partial charge in [0.05, 0.1) is 23.1 Å². The van der Waals surface area contributed by atoms with E-state index in [9.17, 15) is 17.6 Å². The Kier molecular flexibility index (Phi) is 3.90. The highest BCUT2D eigenvalue weighted by atomic mass is 127. The Morgan fingerprint density at radius 2 is 2.17 bits per heavy atom. The number of hydrogen-bond acceptors (Lipinski definition) is 3. The van der Waals surface area contributed by atoms with Gasteiger partial charge >= 0.3 is 0 Å². The number of hydrogen-bond donors (Lipinski definition) is 1. The summed E-state index contributed by atoms with van der Waals surface area (Å²) in [6.07, 6.45) is 0.353. The molecule has 0 aliphatic carbocycles. The van der Waals surface area contributed by atoms with Crippen molar-refractivity contribution in [1.29, 1.82) is 0 Å². The van der Waals surface area contributed by atoms with Crippen molar-refractivity contribution in [3.05, 3.63) is 27.6 Å². The fraction of sp³-hybridized carbons (Fsp3) is 0.364. The number of nitrogens with one attached hydrogen (secondary N) is 1. The van der Waals surface area contributed by atoms with Crippen LogP contribution in [0.4, 0.5) is 10.1 Å². The molecule has 1 atom stereocenters. The third-order valence-electron chi connectivity index (χ3n) is 2.79. The molecule has 0 aromatic heterocycles. The molecule has 1 amide bonds. The van der Waals surface area contributed by atoms with Gasteiger partial charge in [0.25, 0.3) is 0 Å². The number of halogens is 2. The van der Waals surface area contributed by atoms with Gasteiger partial charge in [-0.2, -0.15) is 0 Å². The third-order valence-corrected chi connectivity index (χ3v) is 5.45. The minimum atomic E-state index is -3.07. The summed E-state index contributed by atoms with van der Waals surface area (Å²) in [5.74, 6) is -1.24. The zero-order valence-electron chi connectivity index (χ0n) is 9.32. The predicted octanol–water partition coefficient (Wildman–Crippen LogP) is 1.80. The maximum absolute atomic E-state index is 12.9. The number of amides is 1. The molecular weight excluding hydrogens is 372 g/mol. The van der Waals surface area contributed by atoms with E-state index < -0.39 is 15.8 Å². The fourth-order valence-corrected chi connectivity index (χ4v) is 4.18. The summed E-state index contributed by atoms with van der Waals surface area (Å²) in [5.41, 5.74) is 0.506. The van der Waals surface area contributed by atoms with Gasteiger partial charge in [0.2, 0.25) is 5.91 Å². The van der Waals surface area contributed by atoms with E-state index in [0.717, 1.165) is 0 Å². The molecule has 1 aromatic carbocycles. The maximum Gasteiger partial charge on any atom is 0.228 e. The van der Waals surface area contributed by atoms with Crippen LogP contribution < -0.4 is 5.32 Å². The van der Waals surface area contributed by atoms with Gasteiger partial charge in [-0.1, -0.05) is 0 Å². The average Bonchev–Trinajstić information content (AvgIpc) is 2.63. The monoisotopic (exact) mass is 383 g/mol. The number of carbonyl (C=O) groups is 1. The van der Waals surface area contributed by atoms with E-state index >= 15 is 0 Å². The number of rotatable bonds is 2. The summed E-state index contributed by atoms with van der Waals surface area (Å²) in [6, 6.07) is 4.03. The molecule has 1 saturated heterocycles. The van der Waals surface area contributed by atoms with Gasteiger partial charge in [-0.3, -0.25) is 4.79 Å². The van der Waals surface area contributed by atoms with E-state index in [0.29, 0.717) is 15.7 Å². The minimum Gasteiger partial charge on any atom is -0.325 e. The quantitative estimate of drug-likeness (QED) is 0.793. The molecule has 1 fully saturated rings. The molecule has 2 rings (SSSR count). The van der Waals surface area contributed by atoms with E-state index in [-0.39, 0.29) is 23.2 Å². The molecule has 7 heteroatoms. The van der Waals surface area contributed by atoms with Crippen LogP contribution in [-0.2, 0) is 14.6 Å². The van der Waals surface area contributed by atoms with Gasteiger partial charge in [0.1, 0.15) is 5.82 Å². The van der Waals surface area contributed by atoms with Crippen molar-refractivity contribution in [3.63, 3.8) is 0 Å². The largest absolute Gasteiger partial charge is 0.325 e. The Bertz CT molecular complexity index is 588. The highest BCUT2D eigenvalue weighted by Gasteiger charge is 2.33. The van der Waals surface area contributed by atoms with E-state index in [2.05, 4.69) is 5.32 Å². The van der Waals surface area contributed by atoms with Gasteiger partial charge in [-0.05, 0) is 47.2 Å². The van der Waals surface area contributed by atoms with Crippen LogP contribution in [0.5, 0.6) is 0 Å². The second kappa shape index (κ2) is 5.12. The van der Waals surface area contributed by atoms with E-state index in [1.165, 1.54) is 18.2 Å². The smallest absolute Gasteiger partial charge is 0.228 e. The molecule has 98 valence electrons. The lowest BCUT2D eigenvalue weighted by molar-refractivity contribution is -0.119. The van der Waals surface area contributed by atoms with Crippen molar-refractivity contribution in [2.75, 3.05) is 16.8 Å². The van der Waals surface area contributed by atoms with Gasteiger partial charge in [-0.25, -0.2) is 12.8 Å². The molecule has 4 nitrogen and oxygen atoms in total. The second-order valence-corrected chi connectivity index (χ2v) is 7.60. The minimum absolute atomic E-state index is 0.0611. The Morgan fingerprint density at radius 3 is 2.72 bits per heavy atom. The van der Waals surface area contributed by atoms with Crippen LogP contribution in [0.15, 0.2) is 18.2 Å². The molecule has 1 N–H and O–H groups in total. The lowest BCUT2D eigenvalue weighted by Gasteiger charge is -2.10. The van der Waals surface area contributed by atoms with Gasteiger partial charge < -0.3 is 5.32 Å². The Morgan fingerprint density at radius 1 is 1.44 bits per heavy atom. The van der Waals surface area contributed by atoms with Crippen LogP contribution >= 0.6 is 22.6 Å². The first-order valence-corrected chi connectivity index (χ1v) is 8.24. The number of sulfone groups is 1. The second-order valence-electron chi connectivity index (χ2n) is 4.21. The summed E-state index contributed by atoms with van der Waals surface area (Å²) in [5, 5.41) is 2.64. The molecular formula is C11H11FINO3S. The van der Waals surface area contributed by atoms with Crippen molar-refractivity contribution >= 4 is 44.0 Å². The molecule has 1 aromatic rings. The first-order chi connectivity index (χ1) is 8.37. The molecule has 1 aliphatic heterocycles. The normalized spacial score (nSPS) is 21.8. The van der Waals surface area contributed by atoms with Gasteiger partial charge in [0, 0.05) is 3.57 Å². The molecule has 1 aliphatic rings. The first kappa shape index (κ1) is 13.7. The molecule has 1 heterocycles. The average molecular weight is 383 g/mol. The van der Waals surface area contributed by atoms with Crippen LogP contribution in [0.3, 0.4) is 0 Å². The molecule has 1 unspecified atom stereocenters. The van der Waals surface area contributed by atoms with Crippen molar-refractivity contribution in [2.45, 2.75) is 6.42 Å². The lowest BCUT2D eigenvalue weighted by Crippen LogP contribution is -2.24.